The summed E-state index contributed by atoms with van der Waals surface area (Å²) in [4.78, 5) is 24.3. The van der Waals surface area contributed by atoms with Crippen LogP contribution in [0.2, 0.25) is 0 Å². The van der Waals surface area contributed by atoms with Crippen molar-refractivity contribution in [3.8, 4) is 0 Å². The van der Waals surface area contributed by atoms with E-state index >= 15 is 0 Å². The highest BCUT2D eigenvalue weighted by atomic mass is 16.6. The van der Waals surface area contributed by atoms with Gasteiger partial charge in [0.2, 0.25) is 0 Å². The zero-order chi connectivity index (χ0) is 37.8. The van der Waals surface area contributed by atoms with Crippen LogP contribution in [0, 0.1) is 0 Å². The summed E-state index contributed by atoms with van der Waals surface area (Å²) in [7, 11) is 0. The fourth-order valence-corrected chi connectivity index (χ4v) is 5.24. The zero-order valence-electron chi connectivity index (χ0n) is 33.3. The first-order chi connectivity index (χ1) is 25.6. The van der Waals surface area contributed by atoms with E-state index in [0.29, 0.717) is 12.8 Å². The number of esters is 2. The Labute approximate surface area is 319 Å². The molecule has 0 spiro atoms. The highest BCUT2D eigenvalue weighted by Gasteiger charge is 2.15. The molecule has 5 heteroatoms. The maximum absolute atomic E-state index is 12.2. The fourth-order valence-electron chi connectivity index (χ4n) is 5.24. The molecule has 0 saturated heterocycles. The lowest BCUT2D eigenvalue weighted by atomic mass is 10.1. The van der Waals surface area contributed by atoms with Gasteiger partial charge in [-0.1, -0.05) is 162 Å². The Bertz CT molecular complexity index is 1040. The van der Waals surface area contributed by atoms with Gasteiger partial charge >= 0.3 is 11.9 Å². The molecule has 0 aliphatic carbocycles. The topological polar surface area (TPSA) is 72.8 Å². The number of carbonyl (C=O) groups is 2. The molecule has 52 heavy (non-hydrogen) atoms. The van der Waals surface area contributed by atoms with Gasteiger partial charge in [0.15, 0.2) is 6.10 Å². The molecule has 0 aromatic carbocycles. The summed E-state index contributed by atoms with van der Waals surface area (Å²) >= 11 is 0. The number of aliphatic hydroxyl groups excluding tert-OH is 1. The van der Waals surface area contributed by atoms with Gasteiger partial charge in [-0.2, -0.15) is 0 Å². The average molecular weight is 721 g/mol. The standard InChI is InChI=1S/C47H76O5/c1-3-5-7-9-11-13-15-17-19-21-22-23-24-26-27-29-31-33-35-37-39-41-46(49)51-44-45(43-48)52-47(50)42-40-38-36-34-32-30-28-25-20-18-16-14-12-10-8-6-4-2/h6,8,12,14-15,17-18,20-22,24,26,28,30,34,36,45,48H,3-5,7,9-11,13,16,19,23,25,27,29,31-33,35,37-44H2,1-2H3/b8-6-,14-12-,17-15-,20-18-,22-21-,26-24-,30-28-,36-34-. The smallest absolute Gasteiger partial charge is 0.306 e. The molecule has 0 heterocycles. The first-order valence-electron chi connectivity index (χ1n) is 20.8. The Morgan fingerprint density at radius 3 is 1.31 bits per heavy atom. The van der Waals surface area contributed by atoms with E-state index in [1.54, 1.807) is 0 Å². The van der Waals surface area contributed by atoms with Crippen molar-refractivity contribution in [2.45, 2.75) is 174 Å². The molecular weight excluding hydrogens is 645 g/mol. The monoisotopic (exact) mass is 721 g/mol. The van der Waals surface area contributed by atoms with E-state index in [-0.39, 0.29) is 31.6 Å². The summed E-state index contributed by atoms with van der Waals surface area (Å²) in [5.74, 6) is -0.683. The van der Waals surface area contributed by atoms with Gasteiger partial charge in [-0.15, -0.1) is 0 Å². The lowest BCUT2D eigenvalue weighted by Gasteiger charge is -2.15. The van der Waals surface area contributed by atoms with Gasteiger partial charge in [0.25, 0.3) is 0 Å². The quantitative estimate of drug-likeness (QED) is 0.0396. The predicted molar refractivity (Wildman–Crippen MR) is 223 cm³/mol. The SMILES string of the molecule is CC/C=C\C/C=C\C/C=C\C/C=C\C/C=C\CCCC(=O)OC(CO)COC(=O)CCCCCCCC/C=C\C/C=C\C/C=C\CCCCCCC. The minimum atomic E-state index is -0.813. The highest BCUT2D eigenvalue weighted by molar-refractivity contribution is 5.70. The minimum Gasteiger partial charge on any atom is -0.462 e. The van der Waals surface area contributed by atoms with E-state index < -0.39 is 6.10 Å². The number of allylic oxidation sites excluding steroid dienone is 16. The van der Waals surface area contributed by atoms with Crippen molar-refractivity contribution in [3.05, 3.63) is 97.2 Å². The Balaban J connectivity index is 3.70. The second kappa shape index (κ2) is 42.2. The average Bonchev–Trinajstić information content (AvgIpc) is 3.15. The third kappa shape index (κ3) is 39.6. The van der Waals surface area contributed by atoms with E-state index in [1.165, 1.54) is 57.8 Å². The van der Waals surface area contributed by atoms with Crippen LogP contribution in [-0.2, 0) is 19.1 Å². The van der Waals surface area contributed by atoms with Crippen molar-refractivity contribution in [1.29, 1.82) is 0 Å². The number of hydrogen-bond donors (Lipinski definition) is 1. The number of rotatable bonds is 36. The van der Waals surface area contributed by atoms with Gasteiger partial charge in [0, 0.05) is 12.8 Å². The third-order valence-corrected chi connectivity index (χ3v) is 8.36. The van der Waals surface area contributed by atoms with E-state index in [0.717, 1.165) is 77.0 Å². The molecule has 0 bridgehead atoms. The Hall–Kier alpha value is -3.18. The van der Waals surface area contributed by atoms with E-state index in [9.17, 15) is 14.7 Å². The van der Waals surface area contributed by atoms with Crippen LogP contribution < -0.4 is 0 Å². The van der Waals surface area contributed by atoms with Gasteiger partial charge in [-0.3, -0.25) is 9.59 Å². The summed E-state index contributed by atoms with van der Waals surface area (Å²) in [6.45, 7) is 3.94. The zero-order valence-corrected chi connectivity index (χ0v) is 33.3. The highest BCUT2D eigenvalue weighted by Crippen LogP contribution is 2.11. The molecule has 0 rings (SSSR count). The fraction of sp³-hybridized carbons (Fsp3) is 0.617. The lowest BCUT2D eigenvalue weighted by molar-refractivity contribution is -0.161. The second-order valence-corrected chi connectivity index (χ2v) is 13.3. The molecule has 0 amide bonds. The molecule has 1 unspecified atom stereocenters. The van der Waals surface area contributed by atoms with E-state index in [2.05, 4.69) is 111 Å². The summed E-state index contributed by atoms with van der Waals surface area (Å²) in [5, 5.41) is 9.56. The predicted octanol–water partition coefficient (Wildman–Crippen LogP) is 13.3. The first kappa shape index (κ1) is 48.8. The van der Waals surface area contributed by atoms with E-state index in [4.69, 9.17) is 9.47 Å². The van der Waals surface area contributed by atoms with E-state index in [1.807, 2.05) is 0 Å². The van der Waals surface area contributed by atoms with Crippen LogP contribution in [0.25, 0.3) is 0 Å². The maximum Gasteiger partial charge on any atom is 0.306 e. The molecule has 0 aromatic rings. The van der Waals surface area contributed by atoms with Crippen molar-refractivity contribution in [1.82, 2.24) is 0 Å². The normalized spacial score (nSPS) is 13.2. The largest absolute Gasteiger partial charge is 0.462 e. The first-order valence-corrected chi connectivity index (χ1v) is 20.8. The van der Waals surface area contributed by atoms with Crippen LogP contribution in [0.1, 0.15) is 168 Å². The molecule has 294 valence electrons. The minimum absolute atomic E-state index is 0.102. The Morgan fingerprint density at radius 2 is 0.846 bits per heavy atom. The van der Waals surface area contributed by atoms with Gasteiger partial charge < -0.3 is 14.6 Å². The van der Waals surface area contributed by atoms with Crippen molar-refractivity contribution < 1.29 is 24.2 Å². The summed E-state index contributed by atoms with van der Waals surface area (Å²) in [6, 6.07) is 0. The Kier molecular flexibility index (Phi) is 39.7. The second-order valence-electron chi connectivity index (χ2n) is 13.3. The van der Waals surface area contributed by atoms with Crippen LogP contribution in [0.5, 0.6) is 0 Å². The van der Waals surface area contributed by atoms with Gasteiger partial charge in [-0.05, 0) is 89.9 Å². The van der Waals surface area contributed by atoms with Crippen LogP contribution >= 0.6 is 0 Å². The van der Waals surface area contributed by atoms with Crippen LogP contribution in [0.15, 0.2) is 97.2 Å². The molecule has 0 aliphatic rings. The molecular formula is C47H76O5. The van der Waals surface area contributed by atoms with Gasteiger partial charge in [0.1, 0.15) is 6.61 Å². The molecule has 1 atom stereocenters. The maximum atomic E-state index is 12.2. The molecule has 0 aliphatic heterocycles. The van der Waals surface area contributed by atoms with Crippen LogP contribution in [0.4, 0.5) is 0 Å². The third-order valence-electron chi connectivity index (χ3n) is 8.36. The van der Waals surface area contributed by atoms with Crippen molar-refractivity contribution in [3.63, 3.8) is 0 Å². The van der Waals surface area contributed by atoms with Gasteiger partial charge in [0.05, 0.1) is 6.61 Å². The molecule has 0 saturated carbocycles. The summed E-state index contributed by atoms with van der Waals surface area (Å²) in [6.07, 6.45) is 59.0. The molecule has 0 fully saturated rings. The summed E-state index contributed by atoms with van der Waals surface area (Å²) in [5.41, 5.74) is 0. The van der Waals surface area contributed by atoms with Crippen molar-refractivity contribution >= 4 is 11.9 Å². The summed E-state index contributed by atoms with van der Waals surface area (Å²) < 4.78 is 10.6. The number of unbranched alkanes of at least 4 members (excludes halogenated alkanes) is 12. The number of hydrogen-bond acceptors (Lipinski definition) is 5. The molecule has 0 aromatic heterocycles. The molecule has 5 nitrogen and oxygen atoms in total. The number of carbonyl (C=O) groups excluding carboxylic acids is 2. The molecule has 1 N–H and O–H groups in total. The lowest BCUT2D eigenvalue weighted by Crippen LogP contribution is -2.28. The van der Waals surface area contributed by atoms with Crippen LogP contribution in [0.3, 0.4) is 0 Å². The van der Waals surface area contributed by atoms with Crippen LogP contribution in [-0.4, -0.2) is 36.4 Å². The Morgan fingerprint density at radius 1 is 0.462 bits per heavy atom. The van der Waals surface area contributed by atoms with Crippen molar-refractivity contribution in [2.24, 2.45) is 0 Å². The van der Waals surface area contributed by atoms with Gasteiger partial charge in [-0.25, -0.2) is 0 Å². The van der Waals surface area contributed by atoms with Crippen molar-refractivity contribution in [2.75, 3.05) is 13.2 Å². The number of aliphatic hydroxyl groups is 1. The number of ether oxygens (including phenoxy) is 2. The molecule has 0 radical (unpaired) electrons.